The van der Waals surface area contributed by atoms with Gasteiger partial charge < -0.3 is 19.9 Å². The maximum atomic E-state index is 12.9. The molecule has 148 valence electrons. The Bertz CT molecular complexity index is 878. The summed E-state index contributed by atoms with van der Waals surface area (Å²) in [6, 6.07) is 2.85. The van der Waals surface area contributed by atoms with Crippen LogP contribution in [0.2, 0.25) is 0 Å². The van der Waals surface area contributed by atoms with Crippen LogP contribution in [0.1, 0.15) is 26.1 Å². The normalized spacial score (nSPS) is 13.3. The summed E-state index contributed by atoms with van der Waals surface area (Å²) < 4.78 is 11.8. The van der Waals surface area contributed by atoms with Gasteiger partial charge in [-0.3, -0.25) is 14.2 Å². The predicted octanol–water partition coefficient (Wildman–Crippen LogP) is 1.25. The number of rotatable bonds is 8. The zero-order chi connectivity index (χ0) is 20.1. The highest BCUT2D eigenvalue weighted by Crippen LogP contribution is 2.30. The van der Waals surface area contributed by atoms with Crippen molar-refractivity contribution < 1.29 is 19.4 Å². The number of aryl methyl sites for hydroxylation is 1. The molecule has 0 bridgehead atoms. The van der Waals surface area contributed by atoms with Gasteiger partial charge in [0.05, 0.1) is 37.8 Å². The number of benzene rings is 1. The van der Waals surface area contributed by atoms with E-state index in [1.807, 2.05) is 13.8 Å². The maximum absolute atomic E-state index is 12.9. The van der Waals surface area contributed by atoms with E-state index in [1.165, 1.54) is 18.8 Å². The van der Waals surface area contributed by atoms with E-state index >= 15 is 0 Å². The molecule has 8 heteroatoms. The molecule has 0 aliphatic heterocycles. The van der Waals surface area contributed by atoms with E-state index in [-0.39, 0.29) is 36.6 Å². The van der Waals surface area contributed by atoms with E-state index in [9.17, 15) is 14.7 Å². The van der Waals surface area contributed by atoms with Crippen LogP contribution in [0, 0.1) is 12.8 Å². The van der Waals surface area contributed by atoms with Crippen molar-refractivity contribution in [3.05, 3.63) is 28.3 Å². The third-order valence-corrected chi connectivity index (χ3v) is 4.83. The Balaban J connectivity index is 2.38. The van der Waals surface area contributed by atoms with Crippen LogP contribution in [-0.2, 0) is 11.3 Å². The average molecular weight is 377 g/mol. The molecule has 0 unspecified atom stereocenters. The van der Waals surface area contributed by atoms with Gasteiger partial charge in [0.1, 0.15) is 12.4 Å². The Morgan fingerprint density at radius 1 is 1.30 bits per heavy atom. The summed E-state index contributed by atoms with van der Waals surface area (Å²) >= 11 is 0. The van der Waals surface area contributed by atoms with E-state index in [4.69, 9.17) is 9.47 Å². The molecule has 0 aliphatic carbocycles. The van der Waals surface area contributed by atoms with Crippen molar-refractivity contribution in [2.45, 2.75) is 39.8 Å². The van der Waals surface area contributed by atoms with Gasteiger partial charge in [-0.05, 0) is 18.9 Å². The van der Waals surface area contributed by atoms with Crippen molar-refractivity contribution >= 4 is 16.8 Å². The molecule has 1 aromatic heterocycles. The zero-order valence-electron chi connectivity index (χ0n) is 16.4. The van der Waals surface area contributed by atoms with Gasteiger partial charge in [-0.1, -0.05) is 20.3 Å². The smallest absolute Gasteiger partial charge is 0.262 e. The van der Waals surface area contributed by atoms with Crippen LogP contribution in [0.15, 0.2) is 16.9 Å². The Morgan fingerprint density at radius 2 is 1.93 bits per heavy atom. The minimum absolute atomic E-state index is 0.128. The van der Waals surface area contributed by atoms with Crippen LogP contribution >= 0.6 is 0 Å². The third kappa shape index (κ3) is 4.39. The third-order valence-electron chi connectivity index (χ3n) is 4.83. The van der Waals surface area contributed by atoms with Crippen LogP contribution < -0.4 is 20.3 Å². The second kappa shape index (κ2) is 8.85. The van der Waals surface area contributed by atoms with Crippen molar-refractivity contribution in [1.29, 1.82) is 0 Å². The number of methoxy groups -OCH3 is 2. The fraction of sp³-hybridized carbons (Fsp3) is 0.526. The van der Waals surface area contributed by atoms with Crippen molar-refractivity contribution in [2.75, 3.05) is 20.8 Å². The van der Waals surface area contributed by atoms with E-state index in [2.05, 4.69) is 10.3 Å². The second-order valence-electron chi connectivity index (χ2n) is 6.52. The maximum Gasteiger partial charge on any atom is 0.262 e. The van der Waals surface area contributed by atoms with Crippen LogP contribution in [-0.4, -0.2) is 47.4 Å². The first kappa shape index (κ1) is 20.7. The van der Waals surface area contributed by atoms with Crippen molar-refractivity contribution in [3.8, 4) is 11.5 Å². The number of nitrogens with one attached hydrogen (secondary N) is 1. The quantitative estimate of drug-likeness (QED) is 0.718. The standard InChI is InChI=1S/C19H27N3O5/c1-6-11(2)15(10-23)21-18(24)9-22-12(3)20-14-8-17(27-5)16(26-4)7-13(14)19(22)25/h7-8,11,15,23H,6,9-10H2,1-5H3,(H,21,24)/t11-,15-/m0/s1. The summed E-state index contributed by atoms with van der Waals surface area (Å²) in [4.78, 5) is 29.7. The van der Waals surface area contributed by atoms with Gasteiger partial charge in [-0.25, -0.2) is 4.98 Å². The number of nitrogens with zero attached hydrogens (tertiary/aromatic N) is 2. The van der Waals surface area contributed by atoms with E-state index in [0.717, 1.165) is 6.42 Å². The molecule has 0 aliphatic rings. The summed E-state index contributed by atoms with van der Waals surface area (Å²) in [5.74, 6) is 1.09. The minimum Gasteiger partial charge on any atom is -0.493 e. The topological polar surface area (TPSA) is 103 Å². The van der Waals surface area contributed by atoms with Gasteiger partial charge in [0, 0.05) is 6.07 Å². The lowest BCUT2D eigenvalue weighted by Gasteiger charge is -2.22. The van der Waals surface area contributed by atoms with Crippen molar-refractivity contribution in [3.63, 3.8) is 0 Å². The highest BCUT2D eigenvalue weighted by atomic mass is 16.5. The van der Waals surface area contributed by atoms with Gasteiger partial charge in [0.25, 0.3) is 5.56 Å². The number of carbonyl (C=O) groups is 1. The molecular weight excluding hydrogens is 350 g/mol. The molecule has 2 rings (SSSR count). The highest BCUT2D eigenvalue weighted by molar-refractivity contribution is 5.82. The lowest BCUT2D eigenvalue weighted by molar-refractivity contribution is -0.123. The first-order valence-electron chi connectivity index (χ1n) is 8.89. The minimum atomic E-state index is -0.351. The fourth-order valence-electron chi connectivity index (χ4n) is 2.89. The van der Waals surface area contributed by atoms with Crippen LogP contribution in [0.5, 0.6) is 11.5 Å². The molecule has 0 saturated carbocycles. The molecule has 0 fully saturated rings. The molecular formula is C19H27N3O5. The second-order valence-corrected chi connectivity index (χ2v) is 6.52. The van der Waals surface area contributed by atoms with Gasteiger partial charge >= 0.3 is 0 Å². The number of hydrogen-bond donors (Lipinski definition) is 2. The van der Waals surface area contributed by atoms with E-state index in [1.54, 1.807) is 19.1 Å². The summed E-state index contributed by atoms with van der Waals surface area (Å²) in [5, 5.41) is 12.6. The average Bonchev–Trinajstić information content (AvgIpc) is 2.67. The Kier molecular flexibility index (Phi) is 6.79. The molecule has 0 spiro atoms. The Labute approximate surface area is 158 Å². The first-order chi connectivity index (χ1) is 12.9. The molecule has 2 atom stereocenters. The largest absolute Gasteiger partial charge is 0.493 e. The summed E-state index contributed by atoms with van der Waals surface area (Å²) in [6.45, 7) is 5.29. The van der Waals surface area contributed by atoms with Crippen molar-refractivity contribution in [1.82, 2.24) is 14.9 Å². The van der Waals surface area contributed by atoms with Crippen molar-refractivity contribution in [2.24, 2.45) is 5.92 Å². The zero-order valence-corrected chi connectivity index (χ0v) is 16.4. The Hall–Kier alpha value is -2.61. The number of amides is 1. The molecule has 2 aromatic rings. The molecule has 0 radical (unpaired) electrons. The number of fused-ring (bicyclic) bond motifs is 1. The predicted molar refractivity (Wildman–Crippen MR) is 102 cm³/mol. The van der Waals surface area contributed by atoms with Gasteiger partial charge in [0.15, 0.2) is 11.5 Å². The lowest BCUT2D eigenvalue weighted by Crippen LogP contribution is -2.44. The number of ether oxygens (including phenoxy) is 2. The fourth-order valence-corrected chi connectivity index (χ4v) is 2.89. The van der Waals surface area contributed by atoms with Gasteiger partial charge in [-0.2, -0.15) is 0 Å². The number of carbonyl (C=O) groups excluding carboxylic acids is 1. The van der Waals surface area contributed by atoms with Crippen LogP contribution in [0.3, 0.4) is 0 Å². The number of aromatic nitrogens is 2. The number of aliphatic hydroxyl groups is 1. The lowest BCUT2D eigenvalue weighted by atomic mass is 10.00. The van der Waals surface area contributed by atoms with Crippen LogP contribution in [0.4, 0.5) is 0 Å². The molecule has 1 heterocycles. The molecule has 0 saturated heterocycles. The van der Waals surface area contributed by atoms with Crippen LogP contribution in [0.25, 0.3) is 10.9 Å². The van der Waals surface area contributed by atoms with E-state index < -0.39 is 0 Å². The Morgan fingerprint density at radius 3 is 2.48 bits per heavy atom. The molecule has 1 aromatic carbocycles. The van der Waals surface area contributed by atoms with E-state index in [0.29, 0.717) is 28.2 Å². The van der Waals surface area contributed by atoms with Gasteiger partial charge in [0.2, 0.25) is 5.91 Å². The molecule has 8 nitrogen and oxygen atoms in total. The summed E-state index contributed by atoms with van der Waals surface area (Å²) in [6.07, 6.45) is 0.823. The number of aliphatic hydroxyl groups excluding tert-OH is 1. The highest BCUT2D eigenvalue weighted by Gasteiger charge is 2.19. The monoisotopic (exact) mass is 377 g/mol. The molecule has 27 heavy (non-hydrogen) atoms. The summed E-state index contributed by atoms with van der Waals surface area (Å²) in [7, 11) is 3.00. The number of hydrogen-bond acceptors (Lipinski definition) is 6. The van der Waals surface area contributed by atoms with Gasteiger partial charge in [-0.15, -0.1) is 0 Å². The molecule has 1 amide bonds. The SMILES string of the molecule is CC[C@H](C)[C@H](CO)NC(=O)Cn1c(C)nc2cc(OC)c(OC)cc2c1=O. The first-order valence-corrected chi connectivity index (χ1v) is 8.89. The molecule has 2 N–H and O–H groups in total. The summed E-state index contributed by atoms with van der Waals surface area (Å²) in [5.41, 5.74) is 0.136.